The van der Waals surface area contributed by atoms with E-state index in [1.165, 1.54) is 13.0 Å². The summed E-state index contributed by atoms with van der Waals surface area (Å²) >= 11 is 5.66. The van der Waals surface area contributed by atoms with Crippen molar-refractivity contribution in [3.8, 4) is 5.69 Å². The van der Waals surface area contributed by atoms with Crippen LogP contribution in [-0.4, -0.2) is 26.9 Å². The van der Waals surface area contributed by atoms with Crippen LogP contribution in [0.1, 0.15) is 32.6 Å². The van der Waals surface area contributed by atoms with E-state index >= 15 is 0 Å². The van der Waals surface area contributed by atoms with Gasteiger partial charge in [0.25, 0.3) is 0 Å². The van der Waals surface area contributed by atoms with Crippen LogP contribution in [0.4, 0.5) is 13.2 Å². The summed E-state index contributed by atoms with van der Waals surface area (Å²) < 4.78 is 44.0. The summed E-state index contributed by atoms with van der Waals surface area (Å²) in [6.07, 6.45) is 0.480. The molecule has 0 saturated carbocycles. The lowest BCUT2D eigenvalue weighted by Crippen LogP contribution is -2.25. The molecule has 1 heterocycles. The van der Waals surface area contributed by atoms with Crippen molar-refractivity contribution in [3.63, 3.8) is 0 Å². The molecule has 0 aliphatic heterocycles. The Morgan fingerprint density at radius 1 is 1.36 bits per heavy atom. The fourth-order valence-corrected chi connectivity index (χ4v) is 1.94. The second-order valence-electron chi connectivity index (χ2n) is 4.64. The highest BCUT2D eigenvalue weighted by molar-refractivity contribution is 6.30. The molecule has 25 heavy (non-hydrogen) atoms. The van der Waals surface area contributed by atoms with Crippen LogP contribution in [0.25, 0.3) is 5.69 Å². The van der Waals surface area contributed by atoms with E-state index in [0.29, 0.717) is 17.7 Å². The Labute approximate surface area is 146 Å². The first kappa shape index (κ1) is 20.8. The Hall–Kier alpha value is -2.29. The highest BCUT2D eigenvalue weighted by Gasteiger charge is 2.19. The van der Waals surface area contributed by atoms with Crippen molar-refractivity contribution in [2.24, 2.45) is 0 Å². The Morgan fingerprint density at radius 2 is 2.00 bits per heavy atom. The number of carbonyl (C=O) groups excluding carboxylic acids is 1. The molecule has 0 radical (unpaired) electrons. The minimum Gasteiger partial charge on any atom is -0.466 e. The number of carbonyl (C=O) groups is 1. The zero-order valence-electron chi connectivity index (χ0n) is 13.8. The van der Waals surface area contributed by atoms with Crippen LogP contribution in [0.5, 0.6) is 0 Å². The van der Waals surface area contributed by atoms with E-state index in [2.05, 4.69) is 9.84 Å². The largest absolute Gasteiger partial charge is 0.466 e. The van der Waals surface area contributed by atoms with Gasteiger partial charge in [0.1, 0.15) is 17.3 Å². The fraction of sp³-hybridized carbons (Fsp3) is 0.400. The number of nitrogens with zero attached hydrogens (tertiary/aromatic N) is 3. The number of hydrogen-bond acceptors (Lipinski definition) is 4. The van der Waals surface area contributed by atoms with Gasteiger partial charge in [-0.15, -0.1) is 5.10 Å². The third-order valence-electron chi connectivity index (χ3n) is 2.91. The van der Waals surface area contributed by atoms with Crippen LogP contribution in [0.3, 0.4) is 0 Å². The summed E-state index contributed by atoms with van der Waals surface area (Å²) in [7, 11) is 0. The zero-order chi connectivity index (χ0) is 19.1. The van der Waals surface area contributed by atoms with E-state index in [-0.39, 0.29) is 27.1 Å². The van der Waals surface area contributed by atoms with Gasteiger partial charge in [-0.25, -0.2) is 13.8 Å². The lowest BCUT2D eigenvalue weighted by atomic mass is 10.3. The Bertz CT molecular complexity index is 790. The molecule has 0 spiro atoms. The average Bonchev–Trinajstić information content (AvgIpc) is 2.85. The molecule has 0 N–H and O–H groups in total. The number of benzene rings is 1. The van der Waals surface area contributed by atoms with Gasteiger partial charge >= 0.3 is 18.2 Å². The summed E-state index contributed by atoms with van der Waals surface area (Å²) in [5.74, 6) is -1.11. The van der Waals surface area contributed by atoms with Crippen LogP contribution in [-0.2, 0) is 9.53 Å². The van der Waals surface area contributed by atoms with Crippen LogP contribution in [0.2, 0.25) is 5.02 Å². The minimum absolute atomic E-state index is 0.123. The number of hydrogen-bond donors (Lipinski definition) is 0. The SMILES string of the molecule is CCOC(=O)CC.Cc1nn(-c2cc(Cl)ccc2F)c(=O)n1C(F)F. The lowest BCUT2D eigenvalue weighted by molar-refractivity contribution is -0.142. The quantitative estimate of drug-likeness (QED) is 0.763. The van der Waals surface area contributed by atoms with Gasteiger partial charge in [0.15, 0.2) is 0 Å². The first-order chi connectivity index (χ1) is 11.7. The van der Waals surface area contributed by atoms with Crippen molar-refractivity contribution in [1.82, 2.24) is 14.3 Å². The van der Waals surface area contributed by atoms with Gasteiger partial charge in [0.2, 0.25) is 0 Å². The highest BCUT2D eigenvalue weighted by atomic mass is 35.5. The summed E-state index contributed by atoms with van der Waals surface area (Å²) in [5, 5.41) is 3.76. The summed E-state index contributed by atoms with van der Waals surface area (Å²) in [4.78, 5) is 21.9. The molecule has 0 fully saturated rings. The smallest absolute Gasteiger partial charge is 0.355 e. The number of esters is 1. The molecular formula is C15H17ClF3N3O3. The van der Waals surface area contributed by atoms with Crippen molar-refractivity contribution < 1.29 is 22.7 Å². The van der Waals surface area contributed by atoms with Crippen molar-refractivity contribution >= 4 is 17.6 Å². The molecule has 0 amide bonds. The molecule has 0 bridgehead atoms. The van der Waals surface area contributed by atoms with Crippen molar-refractivity contribution in [2.75, 3.05) is 6.61 Å². The third-order valence-corrected chi connectivity index (χ3v) is 3.14. The molecule has 0 unspecified atom stereocenters. The number of aryl methyl sites for hydroxylation is 1. The van der Waals surface area contributed by atoms with Crippen LogP contribution < -0.4 is 5.69 Å². The molecule has 1 aromatic heterocycles. The predicted octanol–water partition coefficient (Wildman–Crippen LogP) is 3.49. The molecule has 138 valence electrons. The second kappa shape index (κ2) is 9.26. The van der Waals surface area contributed by atoms with Crippen LogP contribution in [0.15, 0.2) is 23.0 Å². The molecular weight excluding hydrogens is 363 g/mol. The number of aromatic nitrogens is 3. The molecule has 2 rings (SSSR count). The average molecular weight is 380 g/mol. The Morgan fingerprint density at radius 3 is 2.44 bits per heavy atom. The van der Waals surface area contributed by atoms with Crippen molar-refractivity contribution in [1.29, 1.82) is 0 Å². The number of ether oxygens (including phenoxy) is 1. The molecule has 0 aliphatic carbocycles. The van der Waals surface area contributed by atoms with E-state index in [0.717, 1.165) is 12.1 Å². The van der Waals surface area contributed by atoms with Gasteiger partial charge in [0.05, 0.1) is 6.61 Å². The minimum atomic E-state index is -3.03. The predicted molar refractivity (Wildman–Crippen MR) is 85.7 cm³/mol. The third kappa shape index (κ3) is 5.35. The van der Waals surface area contributed by atoms with E-state index in [1.54, 1.807) is 13.8 Å². The molecule has 0 atom stereocenters. The number of alkyl halides is 2. The normalized spacial score (nSPS) is 10.4. The maximum Gasteiger partial charge on any atom is 0.355 e. The van der Waals surface area contributed by atoms with Crippen LogP contribution >= 0.6 is 11.6 Å². The molecule has 2 aromatic rings. The van der Waals surface area contributed by atoms with Gasteiger partial charge in [-0.3, -0.25) is 4.79 Å². The lowest BCUT2D eigenvalue weighted by Gasteiger charge is -2.02. The second-order valence-corrected chi connectivity index (χ2v) is 5.08. The molecule has 1 aromatic carbocycles. The van der Waals surface area contributed by atoms with Gasteiger partial charge < -0.3 is 4.74 Å². The van der Waals surface area contributed by atoms with Crippen molar-refractivity contribution in [3.05, 3.63) is 45.3 Å². The van der Waals surface area contributed by atoms with Gasteiger partial charge in [-0.2, -0.15) is 13.5 Å². The molecule has 6 nitrogen and oxygen atoms in total. The molecule has 0 aliphatic rings. The first-order valence-electron chi connectivity index (χ1n) is 7.30. The van der Waals surface area contributed by atoms with E-state index in [9.17, 15) is 22.8 Å². The first-order valence-corrected chi connectivity index (χ1v) is 7.68. The van der Waals surface area contributed by atoms with E-state index in [4.69, 9.17) is 11.6 Å². The Balaban J connectivity index is 0.000000381. The van der Waals surface area contributed by atoms with E-state index < -0.39 is 18.1 Å². The standard InChI is InChI=1S/C10H7ClF3N3O.C5H10O2/c1-5-15-17(10(18)16(5)9(13)14)8-4-6(11)2-3-7(8)12;1-3-5(6)7-4-2/h2-4,9H,1H3;3-4H2,1-2H3. The van der Waals surface area contributed by atoms with E-state index in [1.807, 2.05) is 0 Å². The monoisotopic (exact) mass is 379 g/mol. The highest BCUT2D eigenvalue weighted by Crippen LogP contribution is 2.18. The molecule has 0 saturated heterocycles. The molecule has 10 heteroatoms. The van der Waals surface area contributed by atoms with Crippen LogP contribution in [0, 0.1) is 12.7 Å². The number of halogens is 4. The summed E-state index contributed by atoms with van der Waals surface area (Å²) in [6.45, 7) is 2.26. The maximum atomic E-state index is 13.5. The maximum absolute atomic E-state index is 13.5. The Kier molecular flexibility index (Phi) is 7.69. The van der Waals surface area contributed by atoms with Crippen molar-refractivity contribution in [2.45, 2.75) is 33.7 Å². The van der Waals surface area contributed by atoms with Gasteiger partial charge in [0, 0.05) is 11.4 Å². The summed E-state index contributed by atoms with van der Waals surface area (Å²) in [6, 6.07) is 3.45. The zero-order valence-corrected chi connectivity index (χ0v) is 14.6. The topological polar surface area (TPSA) is 66.1 Å². The number of rotatable bonds is 4. The van der Waals surface area contributed by atoms with Gasteiger partial charge in [-0.1, -0.05) is 18.5 Å². The fourth-order valence-electron chi connectivity index (χ4n) is 1.77. The van der Waals surface area contributed by atoms with Gasteiger partial charge in [-0.05, 0) is 32.0 Å². The summed E-state index contributed by atoms with van der Waals surface area (Å²) in [5.41, 5.74) is -1.39.